The molecule has 2 rings (SSSR count). The van der Waals surface area contributed by atoms with Crippen molar-refractivity contribution in [3.05, 3.63) is 52.0 Å². The van der Waals surface area contributed by atoms with Gasteiger partial charge in [0.05, 0.1) is 13.0 Å². The number of hydrogen-bond acceptors (Lipinski definition) is 4. The van der Waals surface area contributed by atoms with Gasteiger partial charge in [-0.1, -0.05) is 36.4 Å². The standard InChI is InChI=1S/C21H23BrO4/c1-5-25-20(24)16(13-18(23)26-21(2,3)4)12-15-11-10-14-8-6-7-9-17(14)19(15)22/h6-12H,5,13H2,1-4H3/b16-12+. The lowest BCUT2D eigenvalue weighted by Gasteiger charge is -2.19. The third kappa shape index (κ3) is 5.43. The Morgan fingerprint density at radius 2 is 1.81 bits per heavy atom. The summed E-state index contributed by atoms with van der Waals surface area (Å²) >= 11 is 3.60. The van der Waals surface area contributed by atoms with Gasteiger partial charge in [-0.3, -0.25) is 4.79 Å². The van der Waals surface area contributed by atoms with Crippen molar-refractivity contribution in [1.29, 1.82) is 0 Å². The van der Waals surface area contributed by atoms with E-state index in [0.29, 0.717) is 0 Å². The summed E-state index contributed by atoms with van der Waals surface area (Å²) in [5.74, 6) is -0.980. The van der Waals surface area contributed by atoms with E-state index in [1.54, 1.807) is 33.8 Å². The molecule has 138 valence electrons. The van der Waals surface area contributed by atoms with Gasteiger partial charge in [-0.25, -0.2) is 4.79 Å². The van der Waals surface area contributed by atoms with Gasteiger partial charge < -0.3 is 9.47 Å². The van der Waals surface area contributed by atoms with Crippen LogP contribution in [0.2, 0.25) is 0 Å². The molecule has 0 aliphatic carbocycles. The molecule has 0 aromatic heterocycles. The van der Waals surface area contributed by atoms with Crippen molar-refractivity contribution in [1.82, 2.24) is 0 Å². The van der Waals surface area contributed by atoms with Crippen LogP contribution < -0.4 is 0 Å². The van der Waals surface area contributed by atoms with Crippen molar-refractivity contribution in [2.45, 2.75) is 39.7 Å². The van der Waals surface area contributed by atoms with Crippen LogP contribution in [0.5, 0.6) is 0 Å². The van der Waals surface area contributed by atoms with Crippen molar-refractivity contribution in [2.24, 2.45) is 0 Å². The third-order valence-corrected chi connectivity index (χ3v) is 4.40. The molecule has 2 aromatic rings. The van der Waals surface area contributed by atoms with E-state index < -0.39 is 17.5 Å². The highest BCUT2D eigenvalue weighted by molar-refractivity contribution is 9.10. The Hall–Kier alpha value is -2.14. The maximum atomic E-state index is 12.3. The number of fused-ring (bicyclic) bond motifs is 1. The first-order valence-corrected chi connectivity index (χ1v) is 9.27. The highest BCUT2D eigenvalue weighted by Crippen LogP contribution is 2.30. The highest BCUT2D eigenvalue weighted by Gasteiger charge is 2.21. The van der Waals surface area contributed by atoms with Crippen LogP contribution in [-0.2, 0) is 19.1 Å². The van der Waals surface area contributed by atoms with Gasteiger partial charge in [-0.2, -0.15) is 0 Å². The van der Waals surface area contributed by atoms with Crippen molar-refractivity contribution in [3.8, 4) is 0 Å². The summed E-state index contributed by atoms with van der Waals surface area (Å²) in [6.07, 6.45) is 1.54. The maximum Gasteiger partial charge on any atom is 0.334 e. The summed E-state index contributed by atoms with van der Waals surface area (Å²) in [4.78, 5) is 24.5. The number of carbonyl (C=O) groups excluding carboxylic acids is 2. The first-order chi connectivity index (χ1) is 12.2. The second-order valence-corrected chi connectivity index (χ2v) is 7.64. The van der Waals surface area contributed by atoms with Crippen LogP contribution in [0.4, 0.5) is 0 Å². The van der Waals surface area contributed by atoms with Crippen LogP contribution in [-0.4, -0.2) is 24.1 Å². The molecule has 0 spiro atoms. The Kier molecular flexibility index (Phi) is 6.59. The summed E-state index contributed by atoms with van der Waals surface area (Å²) in [7, 11) is 0. The number of halogens is 1. The van der Waals surface area contributed by atoms with Crippen molar-refractivity contribution < 1.29 is 19.1 Å². The summed E-state index contributed by atoms with van der Waals surface area (Å²) in [6, 6.07) is 11.8. The lowest BCUT2D eigenvalue weighted by molar-refractivity contribution is -0.155. The van der Waals surface area contributed by atoms with Gasteiger partial charge >= 0.3 is 11.9 Å². The number of hydrogen-bond donors (Lipinski definition) is 0. The number of rotatable bonds is 5. The normalized spacial score (nSPS) is 12.1. The Morgan fingerprint density at radius 1 is 1.12 bits per heavy atom. The minimum Gasteiger partial charge on any atom is -0.463 e. The van der Waals surface area contributed by atoms with E-state index >= 15 is 0 Å². The molecule has 0 bridgehead atoms. The maximum absolute atomic E-state index is 12.3. The van der Waals surface area contributed by atoms with Crippen LogP contribution in [0.15, 0.2) is 46.4 Å². The minimum atomic E-state index is -0.611. The van der Waals surface area contributed by atoms with Gasteiger partial charge in [-0.05, 0) is 66.0 Å². The molecule has 0 saturated carbocycles. The first-order valence-electron chi connectivity index (χ1n) is 8.48. The number of esters is 2. The Labute approximate surface area is 162 Å². The molecule has 0 atom stereocenters. The average molecular weight is 419 g/mol. The van der Waals surface area contributed by atoms with Gasteiger partial charge in [0.2, 0.25) is 0 Å². The van der Waals surface area contributed by atoms with Gasteiger partial charge in [0.15, 0.2) is 0 Å². The van der Waals surface area contributed by atoms with Crippen LogP contribution in [0.25, 0.3) is 16.8 Å². The van der Waals surface area contributed by atoms with E-state index in [4.69, 9.17) is 9.47 Å². The second-order valence-electron chi connectivity index (χ2n) is 6.84. The monoisotopic (exact) mass is 418 g/mol. The molecule has 0 fully saturated rings. The summed E-state index contributed by atoms with van der Waals surface area (Å²) in [5.41, 5.74) is 0.452. The van der Waals surface area contributed by atoms with Crippen LogP contribution in [0.1, 0.15) is 39.7 Å². The number of benzene rings is 2. The zero-order chi connectivity index (χ0) is 19.3. The van der Waals surface area contributed by atoms with Crippen molar-refractivity contribution in [3.63, 3.8) is 0 Å². The summed E-state index contributed by atoms with van der Waals surface area (Å²) < 4.78 is 11.3. The molecule has 0 aliphatic heterocycles. The molecule has 0 radical (unpaired) electrons. The van der Waals surface area contributed by atoms with Gasteiger partial charge in [-0.15, -0.1) is 0 Å². The molecular formula is C21H23BrO4. The molecule has 5 heteroatoms. The molecule has 0 saturated heterocycles. The molecule has 0 heterocycles. The largest absolute Gasteiger partial charge is 0.463 e. The molecule has 4 nitrogen and oxygen atoms in total. The third-order valence-electron chi connectivity index (χ3n) is 3.52. The molecule has 0 unspecified atom stereocenters. The smallest absolute Gasteiger partial charge is 0.334 e. The SMILES string of the molecule is CCOC(=O)/C(=C/c1ccc2ccccc2c1Br)CC(=O)OC(C)(C)C. The zero-order valence-electron chi connectivity index (χ0n) is 15.5. The lowest BCUT2D eigenvalue weighted by atomic mass is 10.0. The van der Waals surface area contributed by atoms with Crippen LogP contribution in [0.3, 0.4) is 0 Å². The molecular weight excluding hydrogens is 396 g/mol. The minimum absolute atomic E-state index is 0.143. The molecule has 0 amide bonds. The van der Waals surface area contributed by atoms with Gasteiger partial charge in [0.1, 0.15) is 5.60 Å². The number of carbonyl (C=O) groups is 2. The van der Waals surface area contributed by atoms with Crippen LogP contribution >= 0.6 is 15.9 Å². The van der Waals surface area contributed by atoms with E-state index in [-0.39, 0.29) is 18.6 Å². The fourth-order valence-electron chi connectivity index (χ4n) is 2.49. The molecule has 0 aliphatic rings. The molecule has 26 heavy (non-hydrogen) atoms. The van der Waals surface area contributed by atoms with E-state index in [2.05, 4.69) is 15.9 Å². The highest BCUT2D eigenvalue weighted by atomic mass is 79.9. The average Bonchev–Trinajstić information content (AvgIpc) is 2.55. The molecule has 0 N–H and O–H groups in total. The van der Waals surface area contributed by atoms with E-state index in [1.165, 1.54) is 0 Å². The quantitative estimate of drug-likeness (QED) is 0.489. The zero-order valence-corrected chi connectivity index (χ0v) is 17.1. The van der Waals surface area contributed by atoms with E-state index in [0.717, 1.165) is 20.8 Å². The van der Waals surface area contributed by atoms with Crippen molar-refractivity contribution >= 4 is 44.7 Å². The summed E-state index contributed by atoms with van der Waals surface area (Å²) in [6.45, 7) is 7.34. The Balaban J connectivity index is 2.40. The molecule has 2 aromatic carbocycles. The van der Waals surface area contributed by atoms with E-state index in [9.17, 15) is 9.59 Å². The van der Waals surface area contributed by atoms with Gasteiger partial charge in [0, 0.05) is 10.0 Å². The fraction of sp³-hybridized carbons (Fsp3) is 0.333. The van der Waals surface area contributed by atoms with Gasteiger partial charge in [0.25, 0.3) is 0 Å². The summed E-state index contributed by atoms with van der Waals surface area (Å²) in [5, 5.41) is 2.11. The number of ether oxygens (including phenoxy) is 2. The fourth-order valence-corrected chi connectivity index (χ4v) is 3.10. The van der Waals surface area contributed by atoms with E-state index in [1.807, 2.05) is 36.4 Å². The lowest BCUT2D eigenvalue weighted by Crippen LogP contribution is -2.25. The first kappa shape index (κ1) is 20.2. The second kappa shape index (κ2) is 8.49. The topological polar surface area (TPSA) is 52.6 Å². The van der Waals surface area contributed by atoms with Crippen LogP contribution in [0, 0.1) is 0 Å². The predicted molar refractivity (Wildman–Crippen MR) is 107 cm³/mol. The Bertz CT molecular complexity index is 847. The predicted octanol–water partition coefficient (Wildman–Crippen LogP) is 5.28. The Morgan fingerprint density at radius 3 is 2.46 bits per heavy atom. The van der Waals surface area contributed by atoms with Crippen molar-refractivity contribution in [2.75, 3.05) is 6.61 Å².